The molecular weight excluding hydrogens is 298 g/mol. The van der Waals surface area contributed by atoms with Crippen LogP contribution in [0.25, 0.3) is 10.9 Å². The number of Topliss-reactive ketones (excluding diaryl/α,β-unsaturated/α-hetero) is 1. The number of aromatic nitrogens is 1. The molecule has 0 aliphatic carbocycles. The molecule has 0 radical (unpaired) electrons. The van der Waals surface area contributed by atoms with E-state index >= 15 is 0 Å². The first-order valence-corrected chi connectivity index (χ1v) is 7.63. The monoisotopic (exact) mass is 311 g/mol. The lowest BCUT2D eigenvalue weighted by Crippen LogP contribution is -2.14. The van der Waals surface area contributed by atoms with Gasteiger partial charge in [-0.3, -0.25) is 9.78 Å². The maximum absolute atomic E-state index is 12.3. The second-order valence-electron chi connectivity index (χ2n) is 4.80. The van der Waals surface area contributed by atoms with Crippen LogP contribution in [0, 0.1) is 6.92 Å². The molecule has 0 N–H and O–H groups in total. The van der Waals surface area contributed by atoms with E-state index in [0.717, 1.165) is 16.6 Å². The Morgan fingerprint density at radius 1 is 1.18 bits per heavy atom. The molecule has 2 heterocycles. The van der Waals surface area contributed by atoms with Crippen LogP contribution >= 0.6 is 11.3 Å². The molecular formula is C17H13NO3S. The molecule has 22 heavy (non-hydrogen) atoms. The van der Waals surface area contributed by atoms with Gasteiger partial charge in [0.25, 0.3) is 0 Å². The first-order chi connectivity index (χ1) is 10.6. The number of fused-ring (bicyclic) bond motifs is 1. The first-order valence-electron chi connectivity index (χ1n) is 6.75. The number of benzene rings is 1. The Balaban J connectivity index is 1.82. The molecule has 0 atom stereocenters. The molecule has 0 aliphatic rings. The molecule has 3 rings (SSSR count). The molecule has 0 spiro atoms. The van der Waals surface area contributed by atoms with Crippen molar-refractivity contribution in [3.05, 3.63) is 64.0 Å². The minimum Gasteiger partial charge on any atom is -0.454 e. The molecule has 3 aromatic rings. The van der Waals surface area contributed by atoms with Gasteiger partial charge in [-0.05, 0) is 30.5 Å². The zero-order valence-corrected chi connectivity index (χ0v) is 12.7. The first kappa shape index (κ1) is 14.4. The topological polar surface area (TPSA) is 56.3 Å². The van der Waals surface area contributed by atoms with E-state index in [2.05, 4.69) is 4.98 Å². The normalized spacial score (nSPS) is 10.6. The van der Waals surface area contributed by atoms with Gasteiger partial charge in [0.15, 0.2) is 6.61 Å². The number of carbonyl (C=O) groups is 2. The highest BCUT2D eigenvalue weighted by molar-refractivity contribution is 7.12. The Hall–Kier alpha value is -2.53. The summed E-state index contributed by atoms with van der Waals surface area (Å²) in [4.78, 5) is 29.1. The standard InChI is InChI=1S/C17H13NO3S/c1-11-9-13(12-5-2-3-6-14(12)18-11)17(20)21-10-15(19)16-7-4-8-22-16/h2-9H,10H2,1H3. The number of hydrogen-bond donors (Lipinski definition) is 0. The molecule has 4 nitrogen and oxygen atoms in total. The van der Waals surface area contributed by atoms with Gasteiger partial charge in [-0.25, -0.2) is 4.79 Å². The predicted octanol–water partition coefficient (Wildman–Crippen LogP) is 3.64. The second kappa shape index (κ2) is 6.07. The smallest absolute Gasteiger partial charge is 0.339 e. The number of rotatable bonds is 4. The molecule has 0 saturated heterocycles. The van der Waals surface area contributed by atoms with E-state index in [1.807, 2.05) is 36.6 Å². The Bertz CT molecular complexity index is 840. The fraction of sp³-hybridized carbons (Fsp3) is 0.118. The van der Waals surface area contributed by atoms with Crippen LogP contribution in [-0.4, -0.2) is 23.3 Å². The summed E-state index contributed by atoms with van der Waals surface area (Å²) in [5.74, 6) is -0.704. The number of ether oxygens (including phenoxy) is 1. The van der Waals surface area contributed by atoms with Crippen molar-refractivity contribution in [2.75, 3.05) is 6.61 Å². The van der Waals surface area contributed by atoms with Crippen LogP contribution in [0.5, 0.6) is 0 Å². The van der Waals surface area contributed by atoms with Crippen LogP contribution in [0.15, 0.2) is 47.8 Å². The fourth-order valence-corrected chi connectivity index (χ4v) is 2.85. The van der Waals surface area contributed by atoms with Gasteiger partial charge in [0, 0.05) is 11.1 Å². The van der Waals surface area contributed by atoms with Gasteiger partial charge in [0.1, 0.15) is 0 Å². The van der Waals surface area contributed by atoms with Crippen LogP contribution in [0.2, 0.25) is 0 Å². The highest BCUT2D eigenvalue weighted by Crippen LogP contribution is 2.19. The van der Waals surface area contributed by atoms with Crippen molar-refractivity contribution in [2.45, 2.75) is 6.92 Å². The second-order valence-corrected chi connectivity index (χ2v) is 5.75. The number of pyridine rings is 1. The summed E-state index contributed by atoms with van der Waals surface area (Å²) in [5, 5.41) is 2.54. The van der Waals surface area contributed by atoms with Crippen molar-refractivity contribution in [3.8, 4) is 0 Å². The number of ketones is 1. The number of nitrogens with zero attached hydrogens (tertiary/aromatic N) is 1. The van der Waals surface area contributed by atoms with E-state index in [4.69, 9.17) is 4.74 Å². The molecule has 5 heteroatoms. The highest BCUT2D eigenvalue weighted by atomic mass is 32.1. The molecule has 0 bridgehead atoms. The molecule has 0 saturated carbocycles. The number of para-hydroxylation sites is 1. The highest BCUT2D eigenvalue weighted by Gasteiger charge is 2.15. The quantitative estimate of drug-likeness (QED) is 0.545. The Labute approximate surface area is 131 Å². The summed E-state index contributed by atoms with van der Waals surface area (Å²) in [7, 11) is 0. The SMILES string of the molecule is Cc1cc(C(=O)OCC(=O)c2cccs2)c2ccccc2n1. The molecule has 2 aromatic heterocycles. The molecule has 0 aliphatic heterocycles. The van der Waals surface area contributed by atoms with Crippen molar-refractivity contribution < 1.29 is 14.3 Å². The Morgan fingerprint density at radius 2 is 2.00 bits per heavy atom. The maximum Gasteiger partial charge on any atom is 0.339 e. The van der Waals surface area contributed by atoms with Gasteiger partial charge in [-0.1, -0.05) is 24.3 Å². The minimum atomic E-state index is -0.508. The largest absolute Gasteiger partial charge is 0.454 e. The van der Waals surface area contributed by atoms with Crippen molar-refractivity contribution in [1.29, 1.82) is 0 Å². The predicted molar refractivity (Wildman–Crippen MR) is 85.4 cm³/mol. The number of hydrogen-bond acceptors (Lipinski definition) is 5. The average molecular weight is 311 g/mol. The van der Waals surface area contributed by atoms with Gasteiger partial charge in [-0.15, -0.1) is 11.3 Å². The van der Waals surface area contributed by atoms with Gasteiger partial charge in [0.05, 0.1) is 16.0 Å². The minimum absolute atomic E-state index is 0.196. The Kier molecular flexibility index (Phi) is 3.98. The van der Waals surface area contributed by atoms with E-state index in [1.165, 1.54) is 11.3 Å². The zero-order valence-electron chi connectivity index (χ0n) is 11.9. The Morgan fingerprint density at radius 3 is 2.77 bits per heavy atom. The number of esters is 1. The third kappa shape index (κ3) is 2.89. The molecule has 0 amide bonds. The molecule has 1 aromatic carbocycles. The number of thiophene rings is 1. The van der Waals surface area contributed by atoms with Crippen molar-refractivity contribution in [1.82, 2.24) is 4.98 Å². The van der Waals surface area contributed by atoms with Crippen molar-refractivity contribution in [2.24, 2.45) is 0 Å². The van der Waals surface area contributed by atoms with E-state index < -0.39 is 5.97 Å². The van der Waals surface area contributed by atoms with Gasteiger partial charge in [0.2, 0.25) is 5.78 Å². The molecule has 0 unspecified atom stereocenters. The summed E-state index contributed by atoms with van der Waals surface area (Å²) in [6.07, 6.45) is 0. The van der Waals surface area contributed by atoms with E-state index in [1.54, 1.807) is 18.2 Å². The third-order valence-corrected chi connectivity index (χ3v) is 4.11. The van der Waals surface area contributed by atoms with Crippen molar-refractivity contribution in [3.63, 3.8) is 0 Å². The number of aryl methyl sites for hydroxylation is 1. The fourth-order valence-electron chi connectivity index (χ4n) is 2.19. The van der Waals surface area contributed by atoms with Crippen LogP contribution < -0.4 is 0 Å². The summed E-state index contributed by atoms with van der Waals surface area (Å²) >= 11 is 1.33. The number of carbonyl (C=O) groups excluding carboxylic acids is 2. The van der Waals surface area contributed by atoms with Crippen LogP contribution in [0.4, 0.5) is 0 Å². The van der Waals surface area contributed by atoms with Crippen LogP contribution in [0.3, 0.4) is 0 Å². The van der Waals surface area contributed by atoms with Gasteiger partial charge in [-0.2, -0.15) is 0 Å². The zero-order chi connectivity index (χ0) is 15.5. The van der Waals surface area contributed by atoms with Crippen LogP contribution in [0.1, 0.15) is 25.7 Å². The van der Waals surface area contributed by atoms with Crippen LogP contribution in [-0.2, 0) is 4.74 Å². The van der Waals surface area contributed by atoms with Gasteiger partial charge >= 0.3 is 5.97 Å². The van der Waals surface area contributed by atoms with E-state index in [0.29, 0.717) is 10.4 Å². The molecule has 110 valence electrons. The summed E-state index contributed by atoms with van der Waals surface area (Å²) in [5.41, 5.74) is 1.90. The van der Waals surface area contributed by atoms with Gasteiger partial charge < -0.3 is 4.74 Å². The van der Waals surface area contributed by atoms with E-state index in [9.17, 15) is 9.59 Å². The summed E-state index contributed by atoms with van der Waals surface area (Å²) in [6.45, 7) is 1.56. The lowest BCUT2D eigenvalue weighted by Gasteiger charge is -2.07. The average Bonchev–Trinajstić information content (AvgIpc) is 3.06. The van der Waals surface area contributed by atoms with E-state index in [-0.39, 0.29) is 12.4 Å². The summed E-state index contributed by atoms with van der Waals surface area (Å²) in [6, 6.07) is 12.6. The third-order valence-electron chi connectivity index (χ3n) is 3.19. The molecule has 0 fully saturated rings. The maximum atomic E-state index is 12.3. The summed E-state index contributed by atoms with van der Waals surface area (Å²) < 4.78 is 5.17. The lowest BCUT2D eigenvalue weighted by atomic mass is 10.1. The lowest BCUT2D eigenvalue weighted by molar-refractivity contribution is 0.0477. The van der Waals surface area contributed by atoms with Crippen molar-refractivity contribution >= 4 is 34.0 Å².